The molecule has 5 nitrogen and oxygen atoms in total. The Kier molecular flexibility index (Phi) is 4.85. The van der Waals surface area contributed by atoms with E-state index in [9.17, 15) is 4.79 Å². The molecule has 0 N–H and O–H groups in total. The summed E-state index contributed by atoms with van der Waals surface area (Å²) in [4.78, 5) is 17.6. The molecular formula is C18H19NO4S. The first-order valence-electron chi connectivity index (χ1n) is 7.81. The van der Waals surface area contributed by atoms with Gasteiger partial charge in [0, 0.05) is 17.4 Å². The average molecular weight is 345 g/mol. The van der Waals surface area contributed by atoms with Crippen LogP contribution in [0.5, 0.6) is 11.5 Å². The lowest BCUT2D eigenvalue weighted by molar-refractivity contribution is 0.355. The summed E-state index contributed by atoms with van der Waals surface area (Å²) >= 11 is 1.45. The predicted octanol–water partition coefficient (Wildman–Crippen LogP) is 4.28. The number of fused-ring (bicyclic) bond motifs is 1. The van der Waals surface area contributed by atoms with E-state index >= 15 is 0 Å². The summed E-state index contributed by atoms with van der Waals surface area (Å²) < 4.78 is 16.0. The lowest BCUT2D eigenvalue weighted by Crippen LogP contribution is -2.04. The van der Waals surface area contributed by atoms with E-state index in [4.69, 9.17) is 13.9 Å². The number of hydrogen-bond donors (Lipinski definition) is 0. The van der Waals surface area contributed by atoms with E-state index in [1.165, 1.54) is 11.3 Å². The number of rotatable bonds is 6. The van der Waals surface area contributed by atoms with Crippen LogP contribution in [0, 0.1) is 0 Å². The fourth-order valence-electron chi connectivity index (χ4n) is 2.57. The maximum atomic E-state index is 12.4. The molecule has 0 saturated carbocycles. The number of aryl methyl sites for hydroxylation is 1. The van der Waals surface area contributed by atoms with Crippen LogP contribution in [-0.2, 0) is 6.42 Å². The maximum Gasteiger partial charge on any atom is 0.348 e. The minimum absolute atomic E-state index is 0.336. The molecule has 6 heteroatoms. The van der Waals surface area contributed by atoms with Crippen LogP contribution < -0.4 is 15.1 Å². The van der Waals surface area contributed by atoms with Crippen LogP contribution in [0.4, 0.5) is 0 Å². The van der Waals surface area contributed by atoms with Crippen molar-refractivity contribution >= 4 is 21.6 Å². The highest BCUT2D eigenvalue weighted by Gasteiger charge is 2.16. The molecule has 0 saturated heterocycles. The maximum absolute atomic E-state index is 12.4. The van der Waals surface area contributed by atoms with Gasteiger partial charge in [-0.1, -0.05) is 19.4 Å². The smallest absolute Gasteiger partial charge is 0.348 e. The number of ether oxygens (including phenoxy) is 2. The van der Waals surface area contributed by atoms with Gasteiger partial charge in [-0.2, -0.15) is 0 Å². The molecule has 0 aliphatic carbocycles. The second-order valence-corrected chi connectivity index (χ2v) is 6.26. The van der Waals surface area contributed by atoms with Gasteiger partial charge in [-0.25, -0.2) is 9.78 Å². The quantitative estimate of drug-likeness (QED) is 0.667. The lowest BCUT2D eigenvalue weighted by Gasteiger charge is -2.09. The van der Waals surface area contributed by atoms with Gasteiger partial charge in [-0.05, 0) is 24.1 Å². The van der Waals surface area contributed by atoms with Crippen LogP contribution >= 0.6 is 11.3 Å². The third-order valence-corrected chi connectivity index (χ3v) is 4.72. The molecule has 0 fully saturated rings. The molecule has 0 atom stereocenters. The van der Waals surface area contributed by atoms with Crippen LogP contribution in [0.1, 0.15) is 25.7 Å². The lowest BCUT2D eigenvalue weighted by atomic mass is 10.1. The van der Waals surface area contributed by atoms with Gasteiger partial charge in [0.1, 0.15) is 10.2 Å². The highest BCUT2D eigenvalue weighted by Crippen LogP contribution is 2.36. The molecular weight excluding hydrogens is 326 g/mol. The van der Waals surface area contributed by atoms with E-state index in [1.54, 1.807) is 14.2 Å². The monoisotopic (exact) mass is 345 g/mol. The number of methoxy groups -OCH3 is 2. The molecule has 0 amide bonds. The Balaban J connectivity index is 2.09. The Morgan fingerprint density at radius 3 is 2.71 bits per heavy atom. The van der Waals surface area contributed by atoms with Crippen LogP contribution in [0.2, 0.25) is 0 Å². The van der Waals surface area contributed by atoms with Crippen LogP contribution in [0.3, 0.4) is 0 Å². The third-order valence-electron chi connectivity index (χ3n) is 3.85. The topological polar surface area (TPSA) is 61.6 Å². The molecule has 0 spiro atoms. The van der Waals surface area contributed by atoms with Gasteiger partial charge in [0.2, 0.25) is 0 Å². The first-order chi connectivity index (χ1) is 11.7. The molecule has 3 aromatic rings. The number of aromatic nitrogens is 1. The van der Waals surface area contributed by atoms with Crippen molar-refractivity contribution in [3.8, 4) is 22.6 Å². The highest BCUT2D eigenvalue weighted by atomic mass is 32.1. The van der Waals surface area contributed by atoms with Crippen molar-refractivity contribution in [3.63, 3.8) is 0 Å². The van der Waals surface area contributed by atoms with E-state index in [-0.39, 0.29) is 5.63 Å². The van der Waals surface area contributed by atoms with Gasteiger partial charge < -0.3 is 13.9 Å². The van der Waals surface area contributed by atoms with Crippen molar-refractivity contribution in [1.82, 2.24) is 4.98 Å². The minimum atomic E-state index is -0.336. The largest absolute Gasteiger partial charge is 0.493 e. The summed E-state index contributed by atoms with van der Waals surface area (Å²) in [5.41, 5.74) is 1.34. The summed E-state index contributed by atoms with van der Waals surface area (Å²) in [5.74, 6) is 1.77. The number of hydrogen-bond acceptors (Lipinski definition) is 6. The van der Waals surface area contributed by atoms with Crippen molar-refractivity contribution in [2.24, 2.45) is 0 Å². The van der Waals surface area contributed by atoms with Gasteiger partial charge in [0.25, 0.3) is 0 Å². The van der Waals surface area contributed by atoms with Gasteiger partial charge in [0.15, 0.2) is 17.4 Å². The number of benzene rings is 1. The Morgan fingerprint density at radius 1 is 1.21 bits per heavy atom. The summed E-state index contributed by atoms with van der Waals surface area (Å²) in [6.45, 7) is 2.09. The molecule has 0 radical (unpaired) electrons. The van der Waals surface area contributed by atoms with Crippen LogP contribution in [0.25, 0.3) is 21.3 Å². The zero-order chi connectivity index (χ0) is 17.1. The van der Waals surface area contributed by atoms with E-state index < -0.39 is 0 Å². The van der Waals surface area contributed by atoms with Crippen molar-refractivity contribution in [1.29, 1.82) is 0 Å². The number of nitrogens with zero attached hydrogens (tertiary/aromatic N) is 1. The zero-order valence-corrected chi connectivity index (χ0v) is 14.7. The van der Waals surface area contributed by atoms with Crippen molar-refractivity contribution in [2.75, 3.05) is 14.2 Å². The van der Waals surface area contributed by atoms with E-state index in [0.717, 1.165) is 24.0 Å². The first-order valence-corrected chi connectivity index (χ1v) is 8.69. The van der Waals surface area contributed by atoms with Gasteiger partial charge in [-0.3, -0.25) is 0 Å². The zero-order valence-electron chi connectivity index (χ0n) is 13.9. The van der Waals surface area contributed by atoms with Crippen molar-refractivity contribution in [2.45, 2.75) is 26.2 Å². The molecule has 0 bridgehead atoms. The minimum Gasteiger partial charge on any atom is -0.493 e. The van der Waals surface area contributed by atoms with Gasteiger partial charge >= 0.3 is 5.63 Å². The summed E-state index contributed by atoms with van der Waals surface area (Å²) in [6, 6.07) is 5.57. The fourth-order valence-corrected chi connectivity index (χ4v) is 3.52. The Labute approximate surface area is 143 Å². The van der Waals surface area contributed by atoms with Crippen LogP contribution in [-0.4, -0.2) is 19.2 Å². The fraction of sp³-hybridized carbons (Fsp3) is 0.333. The van der Waals surface area contributed by atoms with E-state index in [0.29, 0.717) is 34.0 Å². The Hall–Kier alpha value is -2.34. The SMILES string of the molecule is CCCCc1nc2scc(-c3ccc(OC)c(OC)c3)c2c(=O)o1. The van der Waals surface area contributed by atoms with Gasteiger partial charge in [0.05, 0.1) is 14.2 Å². The molecule has 126 valence electrons. The van der Waals surface area contributed by atoms with Crippen molar-refractivity contribution in [3.05, 3.63) is 39.9 Å². The second kappa shape index (κ2) is 7.05. The van der Waals surface area contributed by atoms with E-state index in [1.807, 2.05) is 23.6 Å². The molecule has 0 unspecified atom stereocenters. The molecule has 3 rings (SSSR count). The average Bonchev–Trinajstić information content (AvgIpc) is 3.03. The number of unbranched alkanes of at least 4 members (excludes halogenated alkanes) is 1. The highest BCUT2D eigenvalue weighted by molar-refractivity contribution is 7.17. The summed E-state index contributed by atoms with van der Waals surface area (Å²) in [7, 11) is 3.18. The molecule has 2 heterocycles. The Morgan fingerprint density at radius 2 is 2.00 bits per heavy atom. The number of thiophene rings is 1. The first kappa shape index (κ1) is 16.5. The summed E-state index contributed by atoms with van der Waals surface area (Å²) in [6.07, 6.45) is 2.67. The third kappa shape index (κ3) is 3.01. The Bertz CT molecular complexity index is 913. The molecule has 2 aromatic heterocycles. The van der Waals surface area contributed by atoms with Crippen LogP contribution in [0.15, 0.2) is 32.8 Å². The predicted molar refractivity (Wildman–Crippen MR) is 95.3 cm³/mol. The molecule has 1 aromatic carbocycles. The van der Waals surface area contributed by atoms with E-state index in [2.05, 4.69) is 11.9 Å². The standard InChI is InChI=1S/C18H19NO4S/c1-4-5-6-15-19-17-16(18(20)23-15)12(10-24-17)11-7-8-13(21-2)14(9-11)22-3/h7-10H,4-6H2,1-3H3. The normalized spacial score (nSPS) is 11.0. The molecule has 24 heavy (non-hydrogen) atoms. The second-order valence-electron chi connectivity index (χ2n) is 5.40. The van der Waals surface area contributed by atoms with Crippen molar-refractivity contribution < 1.29 is 13.9 Å². The molecule has 0 aliphatic heterocycles. The van der Waals surface area contributed by atoms with Gasteiger partial charge in [-0.15, -0.1) is 11.3 Å². The molecule has 0 aliphatic rings. The summed E-state index contributed by atoms with van der Waals surface area (Å²) in [5, 5.41) is 2.45.